The molecule has 2 rings (SSSR count). The summed E-state index contributed by atoms with van der Waals surface area (Å²) in [7, 11) is 0. The number of anilines is 1. The third-order valence-corrected chi connectivity index (χ3v) is 2.97. The summed E-state index contributed by atoms with van der Waals surface area (Å²) in [6.07, 6.45) is 0. The van der Waals surface area contributed by atoms with Crippen LogP contribution in [-0.2, 0) is 0 Å². The van der Waals surface area contributed by atoms with Gasteiger partial charge in [0.1, 0.15) is 5.75 Å². The zero-order chi connectivity index (χ0) is 12.3. The van der Waals surface area contributed by atoms with E-state index in [-0.39, 0.29) is 11.8 Å². The highest BCUT2D eigenvalue weighted by Crippen LogP contribution is 2.26. The molecule has 0 bridgehead atoms. The van der Waals surface area contributed by atoms with Crippen molar-refractivity contribution in [2.75, 3.05) is 5.32 Å². The van der Waals surface area contributed by atoms with Gasteiger partial charge in [-0.3, -0.25) is 0 Å². The third kappa shape index (κ3) is 2.92. The Labute approximate surface area is 106 Å². The number of aromatic hydroxyl groups is 1. The maximum atomic E-state index is 9.23. The topological polar surface area (TPSA) is 32.3 Å². The van der Waals surface area contributed by atoms with Gasteiger partial charge in [-0.2, -0.15) is 0 Å². The van der Waals surface area contributed by atoms with E-state index in [0.29, 0.717) is 5.02 Å². The van der Waals surface area contributed by atoms with Gasteiger partial charge in [-0.25, -0.2) is 0 Å². The Kier molecular flexibility index (Phi) is 3.55. The zero-order valence-corrected chi connectivity index (χ0v) is 10.3. The molecule has 2 nitrogen and oxygen atoms in total. The number of halogens is 1. The first kappa shape index (κ1) is 11.8. The van der Waals surface area contributed by atoms with E-state index < -0.39 is 0 Å². The van der Waals surface area contributed by atoms with E-state index in [9.17, 15) is 5.11 Å². The first-order chi connectivity index (χ1) is 8.16. The molecular formula is C14H14ClNO. The van der Waals surface area contributed by atoms with Crippen LogP contribution in [0, 0.1) is 0 Å². The van der Waals surface area contributed by atoms with Crippen LogP contribution in [0.3, 0.4) is 0 Å². The molecule has 2 aromatic rings. The van der Waals surface area contributed by atoms with E-state index in [1.165, 1.54) is 0 Å². The van der Waals surface area contributed by atoms with Gasteiger partial charge >= 0.3 is 0 Å². The van der Waals surface area contributed by atoms with Crippen molar-refractivity contribution >= 4 is 17.3 Å². The Bertz CT molecular complexity index is 496. The first-order valence-electron chi connectivity index (χ1n) is 5.47. The number of hydrogen-bond donors (Lipinski definition) is 2. The molecule has 1 atom stereocenters. The van der Waals surface area contributed by atoms with Crippen molar-refractivity contribution in [2.24, 2.45) is 0 Å². The minimum Gasteiger partial charge on any atom is -0.508 e. The van der Waals surface area contributed by atoms with E-state index in [2.05, 4.69) is 12.2 Å². The number of phenolic OH excluding ortho intramolecular Hbond substituents is 1. The Morgan fingerprint density at radius 1 is 1.06 bits per heavy atom. The highest BCUT2D eigenvalue weighted by Gasteiger charge is 2.06. The molecule has 17 heavy (non-hydrogen) atoms. The number of nitrogens with one attached hydrogen (secondary N) is 1. The SMILES string of the molecule is CC(Nc1ccccc1Cl)c1ccc(O)cc1. The summed E-state index contributed by atoms with van der Waals surface area (Å²) in [5, 5.41) is 13.3. The fourth-order valence-corrected chi connectivity index (χ4v) is 1.85. The van der Waals surface area contributed by atoms with Crippen LogP contribution in [0.4, 0.5) is 5.69 Å². The maximum absolute atomic E-state index is 9.23. The molecule has 3 heteroatoms. The highest BCUT2D eigenvalue weighted by molar-refractivity contribution is 6.33. The van der Waals surface area contributed by atoms with Crippen LogP contribution < -0.4 is 5.32 Å². The Morgan fingerprint density at radius 2 is 1.71 bits per heavy atom. The minimum absolute atomic E-state index is 0.135. The van der Waals surface area contributed by atoms with Crippen molar-refractivity contribution < 1.29 is 5.11 Å². The zero-order valence-electron chi connectivity index (χ0n) is 9.52. The minimum atomic E-state index is 0.135. The summed E-state index contributed by atoms with van der Waals surface area (Å²) >= 11 is 6.08. The molecule has 0 aromatic heterocycles. The van der Waals surface area contributed by atoms with Gasteiger partial charge in [0.25, 0.3) is 0 Å². The Hall–Kier alpha value is -1.67. The summed E-state index contributed by atoms with van der Waals surface area (Å²) in [5.41, 5.74) is 2.01. The maximum Gasteiger partial charge on any atom is 0.115 e. The molecule has 0 aliphatic carbocycles. The quantitative estimate of drug-likeness (QED) is 0.851. The van der Waals surface area contributed by atoms with Crippen LogP contribution in [0.2, 0.25) is 5.02 Å². The van der Waals surface area contributed by atoms with Crippen molar-refractivity contribution in [1.29, 1.82) is 0 Å². The van der Waals surface area contributed by atoms with E-state index in [1.54, 1.807) is 12.1 Å². The largest absolute Gasteiger partial charge is 0.508 e. The molecule has 0 radical (unpaired) electrons. The molecule has 0 aliphatic heterocycles. The molecule has 0 heterocycles. The predicted molar refractivity (Wildman–Crippen MR) is 71.6 cm³/mol. The molecule has 1 unspecified atom stereocenters. The lowest BCUT2D eigenvalue weighted by atomic mass is 10.1. The lowest BCUT2D eigenvalue weighted by Crippen LogP contribution is -2.06. The molecule has 2 N–H and O–H groups in total. The van der Waals surface area contributed by atoms with E-state index in [0.717, 1.165) is 11.3 Å². The molecule has 0 saturated carbocycles. The second-order valence-corrected chi connectivity index (χ2v) is 4.34. The van der Waals surface area contributed by atoms with Crippen LogP contribution in [-0.4, -0.2) is 5.11 Å². The van der Waals surface area contributed by atoms with Gasteiger partial charge in [0.2, 0.25) is 0 Å². The second kappa shape index (κ2) is 5.11. The second-order valence-electron chi connectivity index (χ2n) is 3.94. The number of hydrogen-bond acceptors (Lipinski definition) is 2. The van der Waals surface area contributed by atoms with Gasteiger partial charge in [-0.1, -0.05) is 35.9 Å². The first-order valence-corrected chi connectivity index (χ1v) is 5.84. The molecule has 0 aliphatic rings. The van der Waals surface area contributed by atoms with Gasteiger partial charge < -0.3 is 10.4 Å². The molecule has 0 fully saturated rings. The van der Waals surface area contributed by atoms with Crippen molar-refractivity contribution in [3.63, 3.8) is 0 Å². The van der Waals surface area contributed by atoms with E-state index in [4.69, 9.17) is 11.6 Å². The number of rotatable bonds is 3. The molecule has 0 saturated heterocycles. The third-order valence-electron chi connectivity index (χ3n) is 2.64. The highest BCUT2D eigenvalue weighted by atomic mass is 35.5. The van der Waals surface area contributed by atoms with E-state index in [1.807, 2.05) is 36.4 Å². The van der Waals surface area contributed by atoms with Gasteiger partial charge in [0, 0.05) is 6.04 Å². The van der Waals surface area contributed by atoms with Crippen LogP contribution in [0.25, 0.3) is 0 Å². The summed E-state index contributed by atoms with van der Waals surface area (Å²) in [6.45, 7) is 2.05. The average Bonchev–Trinajstić information content (AvgIpc) is 2.33. The molecule has 0 spiro atoms. The summed E-state index contributed by atoms with van der Waals surface area (Å²) < 4.78 is 0. The van der Waals surface area contributed by atoms with Crippen molar-refractivity contribution in [1.82, 2.24) is 0 Å². The van der Waals surface area contributed by atoms with Gasteiger partial charge in [-0.05, 0) is 36.8 Å². The molecule has 88 valence electrons. The summed E-state index contributed by atoms with van der Waals surface area (Å²) in [5.74, 6) is 0.277. The number of phenols is 1. The molecule has 2 aromatic carbocycles. The van der Waals surface area contributed by atoms with Crippen LogP contribution in [0.15, 0.2) is 48.5 Å². The average molecular weight is 248 g/mol. The lowest BCUT2D eigenvalue weighted by Gasteiger charge is -2.16. The van der Waals surface area contributed by atoms with E-state index >= 15 is 0 Å². The van der Waals surface area contributed by atoms with Crippen molar-refractivity contribution in [3.8, 4) is 5.75 Å². The monoisotopic (exact) mass is 247 g/mol. The van der Waals surface area contributed by atoms with Crippen LogP contribution in [0.5, 0.6) is 5.75 Å². The summed E-state index contributed by atoms with van der Waals surface area (Å²) in [6, 6.07) is 14.9. The number of benzene rings is 2. The smallest absolute Gasteiger partial charge is 0.115 e. The fourth-order valence-electron chi connectivity index (χ4n) is 1.66. The number of para-hydroxylation sites is 1. The van der Waals surface area contributed by atoms with Crippen molar-refractivity contribution in [3.05, 3.63) is 59.1 Å². The normalized spacial score (nSPS) is 12.1. The van der Waals surface area contributed by atoms with Crippen LogP contribution >= 0.6 is 11.6 Å². The Morgan fingerprint density at radius 3 is 2.35 bits per heavy atom. The van der Waals surface area contributed by atoms with Gasteiger partial charge in [0.15, 0.2) is 0 Å². The fraction of sp³-hybridized carbons (Fsp3) is 0.143. The summed E-state index contributed by atoms with van der Waals surface area (Å²) in [4.78, 5) is 0. The standard InChI is InChI=1S/C14H14ClNO/c1-10(11-6-8-12(17)9-7-11)16-14-5-3-2-4-13(14)15/h2-10,16-17H,1H3. The predicted octanol–water partition coefficient (Wildman–Crippen LogP) is 4.22. The van der Waals surface area contributed by atoms with Gasteiger partial charge in [-0.15, -0.1) is 0 Å². The van der Waals surface area contributed by atoms with Gasteiger partial charge in [0.05, 0.1) is 10.7 Å². The molecular weight excluding hydrogens is 234 g/mol. The van der Waals surface area contributed by atoms with Crippen molar-refractivity contribution in [2.45, 2.75) is 13.0 Å². The van der Waals surface area contributed by atoms with Crippen LogP contribution in [0.1, 0.15) is 18.5 Å². The lowest BCUT2D eigenvalue weighted by molar-refractivity contribution is 0.475. The molecule has 0 amide bonds. The Balaban J connectivity index is 2.14.